The molecule has 0 aliphatic rings. The first-order chi connectivity index (χ1) is 16.9. The van der Waals surface area contributed by atoms with Gasteiger partial charge in [-0.3, -0.25) is 0 Å². The van der Waals surface area contributed by atoms with Crippen LogP contribution in [0.1, 0.15) is 29.2 Å². The van der Waals surface area contributed by atoms with E-state index in [4.69, 9.17) is 4.74 Å². The Morgan fingerprint density at radius 3 is 1.89 bits per heavy atom. The maximum absolute atomic E-state index is 14.6. The third kappa shape index (κ3) is 5.91. The molecule has 4 aromatic carbocycles. The van der Waals surface area contributed by atoms with Crippen LogP contribution in [-0.4, -0.2) is 6.61 Å². The molecular weight excluding hydrogens is 452 g/mol. The van der Waals surface area contributed by atoms with Gasteiger partial charge in [0.2, 0.25) is 0 Å². The quantitative estimate of drug-likeness (QED) is 0.176. The molecule has 0 bridgehead atoms. The smallest absolute Gasteiger partial charge is 0.159 e. The average molecular weight is 470 g/mol. The van der Waals surface area contributed by atoms with Crippen molar-refractivity contribution in [1.29, 1.82) is 0 Å². The number of fused-ring (bicyclic) bond motifs is 1. The molecule has 4 aromatic rings. The number of benzene rings is 4. The third-order valence-corrected chi connectivity index (χ3v) is 5.05. The molecule has 0 aliphatic heterocycles. The molecule has 35 heavy (non-hydrogen) atoms. The van der Waals surface area contributed by atoms with Gasteiger partial charge in [-0.25, -0.2) is 17.6 Å². The molecule has 0 unspecified atom stereocenters. The van der Waals surface area contributed by atoms with Crippen molar-refractivity contribution in [3.63, 3.8) is 0 Å². The van der Waals surface area contributed by atoms with Gasteiger partial charge in [-0.05, 0) is 72.3 Å². The third-order valence-electron chi connectivity index (χ3n) is 5.05. The van der Waals surface area contributed by atoms with E-state index >= 15 is 0 Å². The average Bonchev–Trinajstić information content (AvgIpc) is 2.84. The zero-order chi connectivity index (χ0) is 24.8. The van der Waals surface area contributed by atoms with Crippen molar-refractivity contribution in [2.75, 3.05) is 6.61 Å². The molecule has 0 fully saturated rings. The fourth-order valence-electron chi connectivity index (χ4n) is 3.22. The molecule has 0 aliphatic carbocycles. The number of rotatable bonds is 3. The summed E-state index contributed by atoms with van der Waals surface area (Å²) in [6.07, 6.45) is 3.64. The molecule has 1 nitrogen and oxygen atoms in total. The molecule has 5 heteroatoms. The first-order valence-corrected chi connectivity index (χ1v) is 10.7. The van der Waals surface area contributed by atoms with Gasteiger partial charge in [0, 0.05) is 17.2 Å². The van der Waals surface area contributed by atoms with Crippen molar-refractivity contribution >= 4 is 10.8 Å². The predicted octanol–water partition coefficient (Wildman–Crippen LogP) is 7.15. The lowest BCUT2D eigenvalue weighted by molar-refractivity contribution is 0.360. The van der Waals surface area contributed by atoms with E-state index in [1.54, 1.807) is 36.4 Å². The summed E-state index contributed by atoms with van der Waals surface area (Å²) in [6.45, 7) is 2.21. The number of hydrogen-bond acceptors (Lipinski definition) is 1. The molecular formula is C30H18F4O. The fraction of sp³-hybridized carbons (Fsp3) is 0.0667. The molecule has 172 valence electrons. The topological polar surface area (TPSA) is 9.23 Å². The van der Waals surface area contributed by atoms with E-state index in [1.165, 1.54) is 24.3 Å². The number of ether oxygens (including phenoxy) is 1. The predicted molar refractivity (Wildman–Crippen MR) is 129 cm³/mol. The summed E-state index contributed by atoms with van der Waals surface area (Å²) in [4.78, 5) is 0. The van der Waals surface area contributed by atoms with Crippen LogP contribution in [-0.2, 0) is 0 Å². The van der Waals surface area contributed by atoms with Crippen LogP contribution in [0.2, 0.25) is 0 Å². The maximum atomic E-state index is 14.6. The van der Waals surface area contributed by atoms with Crippen LogP contribution in [0, 0.1) is 47.0 Å². The molecule has 0 saturated carbocycles. The van der Waals surface area contributed by atoms with Crippen molar-refractivity contribution in [3.8, 4) is 29.4 Å². The van der Waals surface area contributed by atoms with Gasteiger partial charge in [-0.2, -0.15) is 0 Å². The maximum Gasteiger partial charge on any atom is 0.159 e. The van der Waals surface area contributed by atoms with E-state index in [-0.39, 0.29) is 11.1 Å². The van der Waals surface area contributed by atoms with Gasteiger partial charge < -0.3 is 4.74 Å². The van der Waals surface area contributed by atoms with Gasteiger partial charge in [0.1, 0.15) is 24.0 Å². The van der Waals surface area contributed by atoms with Crippen LogP contribution in [0.5, 0.6) is 5.75 Å². The molecule has 0 amide bonds. The Hall–Kier alpha value is -4.48. The fourth-order valence-corrected chi connectivity index (χ4v) is 3.22. The van der Waals surface area contributed by atoms with Crippen molar-refractivity contribution in [1.82, 2.24) is 0 Å². The van der Waals surface area contributed by atoms with E-state index in [0.717, 1.165) is 12.1 Å². The minimum Gasteiger partial charge on any atom is -0.489 e. The van der Waals surface area contributed by atoms with Gasteiger partial charge in [0.15, 0.2) is 11.6 Å². The Kier molecular flexibility index (Phi) is 7.19. The zero-order valence-electron chi connectivity index (χ0n) is 18.6. The van der Waals surface area contributed by atoms with E-state index in [9.17, 15) is 17.6 Å². The summed E-state index contributed by atoms with van der Waals surface area (Å²) in [6, 6.07) is 15.8. The number of allylic oxidation sites excluding steroid dienone is 1. The molecule has 0 radical (unpaired) electrons. The molecule has 4 rings (SSSR count). The van der Waals surface area contributed by atoms with Gasteiger partial charge in [0.05, 0.1) is 11.1 Å². The summed E-state index contributed by atoms with van der Waals surface area (Å²) in [5, 5.41) is 1.03. The molecule has 0 heterocycles. The second-order valence-corrected chi connectivity index (χ2v) is 7.54. The van der Waals surface area contributed by atoms with Gasteiger partial charge in [-0.1, -0.05) is 41.9 Å². The lowest BCUT2D eigenvalue weighted by atomic mass is 10.1. The Bertz CT molecular complexity index is 1560. The van der Waals surface area contributed by atoms with Crippen molar-refractivity contribution < 1.29 is 22.3 Å². The van der Waals surface area contributed by atoms with Crippen molar-refractivity contribution in [2.24, 2.45) is 0 Å². The monoisotopic (exact) mass is 470 g/mol. The Labute approximate surface area is 200 Å². The van der Waals surface area contributed by atoms with Gasteiger partial charge in [-0.15, -0.1) is 0 Å². The van der Waals surface area contributed by atoms with E-state index in [1.807, 2.05) is 13.0 Å². The van der Waals surface area contributed by atoms with E-state index in [2.05, 4.69) is 23.7 Å². The van der Waals surface area contributed by atoms with Gasteiger partial charge >= 0.3 is 0 Å². The first-order valence-electron chi connectivity index (χ1n) is 10.7. The zero-order valence-corrected chi connectivity index (χ0v) is 18.6. The van der Waals surface area contributed by atoms with E-state index < -0.39 is 23.3 Å². The summed E-state index contributed by atoms with van der Waals surface area (Å²) in [5.74, 6) is 8.43. The highest BCUT2D eigenvalue weighted by Crippen LogP contribution is 2.20. The largest absolute Gasteiger partial charge is 0.489 e. The molecule has 0 atom stereocenters. The van der Waals surface area contributed by atoms with Crippen LogP contribution in [0.15, 0.2) is 78.9 Å². The summed E-state index contributed by atoms with van der Waals surface area (Å²) >= 11 is 0. The minimum absolute atomic E-state index is 0.148. The van der Waals surface area contributed by atoms with Crippen LogP contribution in [0.3, 0.4) is 0 Å². The summed E-state index contributed by atoms with van der Waals surface area (Å²) < 4.78 is 61.1. The summed E-state index contributed by atoms with van der Waals surface area (Å²) in [5.41, 5.74) is 1.21. The first kappa shape index (κ1) is 23.7. The number of hydrogen-bond donors (Lipinski definition) is 0. The van der Waals surface area contributed by atoms with Crippen molar-refractivity contribution in [3.05, 3.63) is 124 Å². The van der Waals surface area contributed by atoms with Crippen LogP contribution in [0.4, 0.5) is 17.6 Å². The second kappa shape index (κ2) is 10.6. The van der Waals surface area contributed by atoms with Crippen LogP contribution < -0.4 is 4.74 Å². The Morgan fingerprint density at radius 2 is 1.23 bits per heavy atom. The molecule has 0 saturated heterocycles. The van der Waals surface area contributed by atoms with Crippen LogP contribution in [0.25, 0.3) is 10.8 Å². The molecule has 0 N–H and O–H groups in total. The van der Waals surface area contributed by atoms with Crippen LogP contribution >= 0.6 is 0 Å². The molecule has 0 aromatic heterocycles. The normalized spacial score (nSPS) is 10.5. The SMILES string of the molecule is C/C=C/COc1ccc(C#Cc2ccc(C#Cc3ccc4cc(F)c(F)cc4c3)c(F)c2)c(F)c1. The van der Waals surface area contributed by atoms with E-state index in [0.29, 0.717) is 34.3 Å². The second-order valence-electron chi connectivity index (χ2n) is 7.54. The number of halogens is 4. The summed E-state index contributed by atoms with van der Waals surface area (Å²) in [7, 11) is 0. The Morgan fingerprint density at radius 1 is 0.629 bits per heavy atom. The highest BCUT2D eigenvalue weighted by Gasteiger charge is 2.05. The standard InChI is InChI=1S/C30H18F4O/c1-2-3-14-35-26-13-12-23(28(32)19-26)10-6-21-5-9-22(27(31)16-21)8-4-20-7-11-24-17-29(33)30(34)18-25(24)15-20/h2-3,5,7,9,11-13,15-19H,14H2,1H3/b3-2+. The Balaban J connectivity index is 1.51. The van der Waals surface area contributed by atoms with Gasteiger partial charge in [0.25, 0.3) is 0 Å². The van der Waals surface area contributed by atoms with Crippen molar-refractivity contribution in [2.45, 2.75) is 6.92 Å². The highest BCUT2D eigenvalue weighted by molar-refractivity contribution is 5.84. The highest BCUT2D eigenvalue weighted by atomic mass is 19.2. The molecule has 0 spiro atoms. The lowest BCUT2D eigenvalue weighted by Crippen LogP contribution is -1.94. The lowest BCUT2D eigenvalue weighted by Gasteiger charge is -2.03. The minimum atomic E-state index is -0.945.